The summed E-state index contributed by atoms with van der Waals surface area (Å²) in [5.41, 5.74) is 8.45. The van der Waals surface area contributed by atoms with Crippen LogP contribution in [-0.4, -0.2) is 30.5 Å². The second-order valence-electron chi connectivity index (χ2n) is 4.34. The Morgan fingerprint density at radius 1 is 1.47 bits per heavy atom. The van der Waals surface area contributed by atoms with Gasteiger partial charge in [0.05, 0.1) is 0 Å². The molecule has 0 saturated carbocycles. The summed E-state index contributed by atoms with van der Waals surface area (Å²) in [5, 5.41) is 2.75. The third-order valence-corrected chi connectivity index (χ3v) is 2.72. The van der Waals surface area contributed by atoms with Gasteiger partial charge in [0.1, 0.15) is 0 Å². The first-order chi connectivity index (χ1) is 8.95. The second-order valence-corrected chi connectivity index (χ2v) is 4.34. The van der Waals surface area contributed by atoms with Crippen molar-refractivity contribution in [3.8, 4) is 0 Å². The number of amides is 2. The number of carbonyl (C=O) groups excluding carboxylic acids is 1. The van der Waals surface area contributed by atoms with E-state index in [1.54, 1.807) is 18.0 Å². The molecule has 0 bridgehead atoms. The van der Waals surface area contributed by atoms with Crippen LogP contribution in [0.1, 0.15) is 11.1 Å². The van der Waals surface area contributed by atoms with Crippen molar-refractivity contribution in [2.24, 2.45) is 10.7 Å². The fourth-order valence-electron chi connectivity index (χ4n) is 1.62. The Kier molecular flexibility index (Phi) is 5.11. The van der Waals surface area contributed by atoms with Crippen molar-refractivity contribution in [1.82, 2.24) is 4.90 Å². The van der Waals surface area contributed by atoms with E-state index in [0.717, 1.165) is 16.8 Å². The number of hydrogen-bond donors (Lipinski definition) is 2. The standard InChI is InChI=1S/C14H20N4O/c1-5-9-18(4)13(15)17-14(19)16-12-10(2)7-6-8-11(12)3/h5-8H,1,9H2,2-4H3,(H3,15,16,17,19). The maximum absolute atomic E-state index is 11.8. The molecule has 0 aliphatic rings. The Balaban J connectivity index is 2.80. The van der Waals surface area contributed by atoms with Gasteiger partial charge in [0, 0.05) is 19.3 Å². The molecule has 0 aliphatic carbocycles. The van der Waals surface area contributed by atoms with Crippen LogP contribution >= 0.6 is 0 Å². The van der Waals surface area contributed by atoms with E-state index in [1.165, 1.54) is 0 Å². The highest BCUT2D eigenvalue weighted by molar-refractivity contribution is 5.99. The summed E-state index contributed by atoms with van der Waals surface area (Å²) in [4.78, 5) is 17.2. The molecule has 0 unspecified atom stereocenters. The minimum Gasteiger partial charge on any atom is -0.369 e. The van der Waals surface area contributed by atoms with Crippen LogP contribution in [0.5, 0.6) is 0 Å². The number of urea groups is 1. The molecule has 0 aromatic heterocycles. The smallest absolute Gasteiger partial charge is 0.348 e. The normalized spacial score (nSPS) is 11.0. The summed E-state index contributed by atoms with van der Waals surface area (Å²) in [5.74, 6) is 0.156. The first-order valence-electron chi connectivity index (χ1n) is 5.99. The summed E-state index contributed by atoms with van der Waals surface area (Å²) in [7, 11) is 1.74. The van der Waals surface area contributed by atoms with Crippen LogP contribution in [0.25, 0.3) is 0 Å². The predicted octanol–water partition coefficient (Wildman–Crippen LogP) is 2.27. The zero-order valence-electron chi connectivity index (χ0n) is 11.6. The number of anilines is 1. The molecule has 0 saturated heterocycles. The third kappa shape index (κ3) is 4.13. The number of benzene rings is 1. The van der Waals surface area contributed by atoms with Gasteiger partial charge in [-0.05, 0) is 25.0 Å². The predicted molar refractivity (Wildman–Crippen MR) is 79.4 cm³/mol. The molecule has 102 valence electrons. The highest BCUT2D eigenvalue weighted by Crippen LogP contribution is 2.19. The zero-order valence-corrected chi connectivity index (χ0v) is 11.6. The minimum atomic E-state index is -0.481. The summed E-state index contributed by atoms with van der Waals surface area (Å²) in [6, 6.07) is 5.32. The molecular formula is C14H20N4O. The van der Waals surface area contributed by atoms with Crippen LogP contribution < -0.4 is 11.1 Å². The first kappa shape index (κ1) is 14.8. The van der Waals surface area contributed by atoms with Crippen molar-refractivity contribution in [1.29, 1.82) is 0 Å². The molecule has 0 heterocycles. The monoisotopic (exact) mass is 260 g/mol. The zero-order chi connectivity index (χ0) is 14.4. The van der Waals surface area contributed by atoms with Gasteiger partial charge in [-0.2, -0.15) is 4.99 Å². The van der Waals surface area contributed by atoms with Gasteiger partial charge in [0.25, 0.3) is 0 Å². The van der Waals surface area contributed by atoms with Gasteiger partial charge in [-0.25, -0.2) is 4.79 Å². The summed E-state index contributed by atoms with van der Waals surface area (Å²) < 4.78 is 0. The van der Waals surface area contributed by atoms with Crippen LogP contribution in [0.4, 0.5) is 10.5 Å². The van der Waals surface area contributed by atoms with Gasteiger partial charge < -0.3 is 16.0 Å². The van der Waals surface area contributed by atoms with Crippen LogP contribution in [0.3, 0.4) is 0 Å². The van der Waals surface area contributed by atoms with E-state index in [-0.39, 0.29) is 5.96 Å². The highest BCUT2D eigenvalue weighted by atomic mass is 16.2. The molecule has 3 N–H and O–H groups in total. The van der Waals surface area contributed by atoms with Gasteiger partial charge in [0.15, 0.2) is 0 Å². The van der Waals surface area contributed by atoms with Crippen molar-refractivity contribution in [3.05, 3.63) is 42.0 Å². The van der Waals surface area contributed by atoms with Crippen molar-refractivity contribution < 1.29 is 4.79 Å². The van der Waals surface area contributed by atoms with Crippen molar-refractivity contribution >= 4 is 17.7 Å². The average Bonchev–Trinajstić information content (AvgIpc) is 2.34. The van der Waals surface area contributed by atoms with E-state index in [1.807, 2.05) is 32.0 Å². The topological polar surface area (TPSA) is 70.7 Å². The maximum Gasteiger partial charge on any atom is 0.348 e. The van der Waals surface area contributed by atoms with E-state index in [2.05, 4.69) is 16.9 Å². The Labute approximate surface area is 113 Å². The quantitative estimate of drug-likeness (QED) is 0.497. The van der Waals surface area contributed by atoms with E-state index in [9.17, 15) is 4.79 Å². The number of aliphatic imine (C=N–C) groups is 1. The van der Waals surface area contributed by atoms with Crippen LogP contribution in [0.15, 0.2) is 35.8 Å². The van der Waals surface area contributed by atoms with E-state index >= 15 is 0 Å². The number of hydrogen-bond acceptors (Lipinski definition) is 1. The molecule has 0 fully saturated rings. The number of nitrogens with zero attached hydrogens (tertiary/aromatic N) is 2. The number of rotatable bonds is 3. The van der Waals surface area contributed by atoms with Gasteiger partial charge in [-0.1, -0.05) is 24.3 Å². The lowest BCUT2D eigenvalue weighted by atomic mass is 10.1. The lowest BCUT2D eigenvalue weighted by Gasteiger charge is -2.15. The van der Waals surface area contributed by atoms with Crippen LogP contribution in [0, 0.1) is 13.8 Å². The third-order valence-electron chi connectivity index (χ3n) is 2.72. The van der Waals surface area contributed by atoms with Gasteiger partial charge >= 0.3 is 6.03 Å². The van der Waals surface area contributed by atoms with E-state index in [4.69, 9.17) is 5.73 Å². The summed E-state index contributed by atoms with van der Waals surface area (Å²) >= 11 is 0. The van der Waals surface area contributed by atoms with Crippen molar-refractivity contribution in [2.45, 2.75) is 13.8 Å². The van der Waals surface area contributed by atoms with Crippen LogP contribution in [-0.2, 0) is 0 Å². The van der Waals surface area contributed by atoms with Gasteiger partial charge in [-0.3, -0.25) is 0 Å². The molecule has 0 spiro atoms. The lowest BCUT2D eigenvalue weighted by molar-refractivity contribution is 0.259. The number of carbonyl (C=O) groups is 1. The highest BCUT2D eigenvalue weighted by Gasteiger charge is 2.08. The molecule has 0 aliphatic heterocycles. The first-order valence-corrected chi connectivity index (χ1v) is 5.99. The lowest BCUT2D eigenvalue weighted by Crippen LogP contribution is -2.35. The number of nitrogens with two attached hydrogens (primary N) is 1. The second kappa shape index (κ2) is 6.58. The van der Waals surface area contributed by atoms with Crippen molar-refractivity contribution in [3.63, 3.8) is 0 Å². The Hall–Kier alpha value is -2.30. The minimum absolute atomic E-state index is 0.156. The van der Waals surface area contributed by atoms with E-state index in [0.29, 0.717) is 6.54 Å². The van der Waals surface area contributed by atoms with Crippen LogP contribution in [0.2, 0.25) is 0 Å². The maximum atomic E-state index is 11.8. The molecule has 5 heteroatoms. The number of nitrogens with one attached hydrogen (secondary N) is 1. The molecule has 19 heavy (non-hydrogen) atoms. The molecule has 1 rings (SSSR count). The molecule has 1 aromatic carbocycles. The average molecular weight is 260 g/mol. The molecule has 0 atom stereocenters. The van der Waals surface area contributed by atoms with E-state index < -0.39 is 6.03 Å². The number of likely N-dealkylation sites (N-methyl/N-ethyl adjacent to an activating group) is 1. The van der Waals surface area contributed by atoms with Gasteiger partial charge in [0.2, 0.25) is 5.96 Å². The molecule has 2 amide bonds. The fraction of sp³-hybridized carbons (Fsp3) is 0.286. The Morgan fingerprint density at radius 3 is 2.58 bits per heavy atom. The molecule has 0 radical (unpaired) electrons. The summed E-state index contributed by atoms with van der Waals surface area (Å²) in [6.07, 6.45) is 1.69. The molecule has 1 aromatic rings. The number of aryl methyl sites for hydroxylation is 2. The fourth-order valence-corrected chi connectivity index (χ4v) is 1.62. The number of guanidine groups is 1. The molecule has 5 nitrogen and oxygen atoms in total. The van der Waals surface area contributed by atoms with Gasteiger partial charge in [-0.15, -0.1) is 6.58 Å². The van der Waals surface area contributed by atoms with Crippen molar-refractivity contribution in [2.75, 3.05) is 18.9 Å². The largest absolute Gasteiger partial charge is 0.369 e. The summed E-state index contributed by atoms with van der Waals surface area (Å²) in [6.45, 7) is 7.99. The number of para-hydroxylation sites is 1. The Bertz CT molecular complexity index is 488. The Morgan fingerprint density at radius 2 is 2.05 bits per heavy atom. The molecular weight excluding hydrogens is 240 g/mol. The SMILES string of the molecule is C=CCN(C)C(N)=NC(=O)Nc1c(C)cccc1C.